The molecule has 16 heavy (non-hydrogen) atoms. The minimum absolute atomic E-state index is 0.626. The Hall–Kier alpha value is -1.83. The summed E-state index contributed by atoms with van der Waals surface area (Å²) in [7, 11) is 0. The Labute approximate surface area is 96.1 Å². The second kappa shape index (κ2) is 4.35. The molecule has 0 saturated carbocycles. The molecular weight excluding hydrogens is 196 g/mol. The largest absolute Gasteiger partial charge is 0.383 e. The molecule has 0 fully saturated rings. The van der Waals surface area contributed by atoms with Crippen LogP contribution >= 0.6 is 0 Å². The average molecular weight is 212 g/mol. The van der Waals surface area contributed by atoms with Crippen molar-refractivity contribution in [1.29, 1.82) is 0 Å². The van der Waals surface area contributed by atoms with Gasteiger partial charge in [0.2, 0.25) is 0 Å². The lowest BCUT2D eigenvalue weighted by molar-refractivity contribution is 1.14. The van der Waals surface area contributed by atoms with E-state index >= 15 is 0 Å². The molecule has 1 aromatic carbocycles. The minimum Gasteiger partial charge on any atom is -0.383 e. The summed E-state index contributed by atoms with van der Waals surface area (Å²) >= 11 is 0. The number of aromatic nitrogens is 1. The molecule has 0 aliphatic carbocycles. The van der Waals surface area contributed by atoms with E-state index in [4.69, 9.17) is 5.73 Å². The van der Waals surface area contributed by atoms with Crippen molar-refractivity contribution in [3.05, 3.63) is 58.8 Å². The predicted octanol–water partition coefficient (Wildman–Crippen LogP) is 2.87. The van der Waals surface area contributed by atoms with Gasteiger partial charge in [0.15, 0.2) is 0 Å². The predicted molar refractivity (Wildman–Crippen MR) is 67.4 cm³/mol. The van der Waals surface area contributed by atoms with Crippen molar-refractivity contribution in [1.82, 2.24) is 4.98 Å². The molecule has 0 aliphatic rings. The molecule has 0 amide bonds. The van der Waals surface area contributed by atoms with Crippen LogP contribution in [0.15, 0.2) is 36.5 Å². The SMILES string of the molecule is Cc1ccc(Cc2cccnc2N)cc1C. The maximum Gasteiger partial charge on any atom is 0.126 e. The molecule has 1 heterocycles. The Morgan fingerprint density at radius 3 is 2.62 bits per heavy atom. The lowest BCUT2D eigenvalue weighted by Gasteiger charge is -2.07. The maximum absolute atomic E-state index is 5.83. The number of nitrogens with zero attached hydrogens (tertiary/aromatic N) is 1. The van der Waals surface area contributed by atoms with Gasteiger partial charge in [0.1, 0.15) is 5.82 Å². The number of nitrogens with two attached hydrogens (primary N) is 1. The van der Waals surface area contributed by atoms with Crippen LogP contribution in [0.2, 0.25) is 0 Å². The molecule has 2 aromatic rings. The molecule has 0 unspecified atom stereocenters. The zero-order valence-corrected chi connectivity index (χ0v) is 9.70. The highest BCUT2D eigenvalue weighted by atomic mass is 14.8. The molecule has 0 spiro atoms. The number of pyridine rings is 1. The van der Waals surface area contributed by atoms with Crippen LogP contribution in [-0.2, 0) is 6.42 Å². The molecule has 2 rings (SSSR count). The smallest absolute Gasteiger partial charge is 0.126 e. The monoisotopic (exact) mass is 212 g/mol. The Balaban J connectivity index is 2.28. The molecule has 2 N–H and O–H groups in total. The Morgan fingerprint density at radius 2 is 1.94 bits per heavy atom. The second-order valence-corrected chi connectivity index (χ2v) is 4.14. The molecule has 0 aliphatic heterocycles. The lowest BCUT2D eigenvalue weighted by Crippen LogP contribution is -1.98. The number of aryl methyl sites for hydroxylation is 2. The van der Waals surface area contributed by atoms with Gasteiger partial charge < -0.3 is 5.73 Å². The van der Waals surface area contributed by atoms with Crippen molar-refractivity contribution >= 4 is 5.82 Å². The van der Waals surface area contributed by atoms with Crippen molar-refractivity contribution in [2.45, 2.75) is 20.3 Å². The van der Waals surface area contributed by atoms with Crippen LogP contribution in [0, 0.1) is 13.8 Å². The first-order valence-electron chi connectivity index (χ1n) is 5.42. The second-order valence-electron chi connectivity index (χ2n) is 4.14. The van der Waals surface area contributed by atoms with Crippen LogP contribution in [0.5, 0.6) is 0 Å². The highest BCUT2D eigenvalue weighted by Crippen LogP contribution is 2.16. The van der Waals surface area contributed by atoms with Crippen LogP contribution in [0.4, 0.5) is 5.82 Å². The molecule has 0 saturated heterocycles. The lowest BCUT2D eigenvalue weighted by atomic mass is 10.0. The van der Waals surface area contributed by atoms with Crippen LogP contribution in [0.25, 0.3) is 0 Å². The third-order valence-corrected chi connectivity index (χ3v) is 2.89. The topological polar surface area (TPSA) is 38.9 Å². The quantitative estimate of drug-likeness (QED) is 0.831. The summed E-state index contributed by atoms with van der Waals surface area (Å²) in [5, 5.41) is 0. The zero-order valence-electron chi connectivity index (χ0n) is 9.70. The van der Waals surface area contributed by atoms with E-state index in [-0.39, 0.29) is 0 Å². The highest BCUT2D eigenvalue weighted by Gasteiger charge is 2.02. The number of hydrogen-bond donors (Lipinski definition) is 1. The molecule has 0 atom stereocenters. The summed E-state index contributed by atoms with van der Waals surface area (Å²) < 4.78 is 0. The first-order valence-corrected chi connectivity index (χ1v) is 5.42. The van der Waals surface area contributed by atoms with Gasteiger partial charge in [-0.05, 0) is 42.2 Å². The highest BCUT2D eigenvalue weighted by molar-refractivity contribution is 5.42. The van der Waals surface area contributed by atoms with E-state index in [1.54, 1.807) is 6.20 Å². The van der Waals surface area contributed by atoms with Crippen molar-refractivity contribution in [3.8, 4) is 0 Å². The van der Waals surface area contributed by atoms with Crippen LogP contribution in [0.1, 0.15) is 22.3 Å². The normalized spacial score (nSPS) is 10.4. The molecule has 82 valence electrons. The fourth-order valence-electron chi connectivity index (χ4n) is 1.73. The molecular formula is C14H16N2. The van der Waals surface area contributed by atoms with Gasteiger partial charge in [-0.2, -0.15) is 0 Å². The van der Waals surface area contributed by atoms with Crippen molar-refractivity contribution in [2.75, 3.05) is 5.73 Å². The van der Waals surface area contributed by atoms with Gasteiger partial charge in [-0.1, -0.05) is 24.3 Å². The molecule has 0 radical (unpaired) electrons. The minimum atomic E-state index is 0.626. The van der Waals surface area contributed by atoms with Gasteiger partial charge in [-0.25, -0.2) is 4.98 Å². The standard InChI is InChI=1S/C14H16N2/c1-10-5-6-12(8-11(10)2)9-13-4-3-7-16-14(13)15/h3-8H,9H2,1-2H3,(H2,15,16). The number of benzene rings is 1. The molecule has 1 aromatic heterocycles. The van der Waals surface area contributed by atoms with Gasteiger partial charge in [0.05, 0.1) is 0 Å². The molecule has 2 heteroatoms. The zero-order chi connectivity index (χ0) is 11.5. The van der Waals surface area contributed by atoms with Crippen molar-refractivity contribution in [2.24, 2.45) is 0 Å². The summed E-state index contributed by atoms with van der Waals surface area (Å²) in [6.45, 7) is 4.25. The third-order valence-electron chi connectivity index (χ3n) is 2.89. The van der Waals surface area contributed by atoms with E-state index in [9.17, 15) is 0 Å². The summed E-state index contributed by atoms with van der Waals surface area (Å²) in [4.78, 5) is 4.09. The van der Waals surface area contributed by atoms with E-state index in [1.807, 2.05) is 12.1 Å². The average Bonchev–Trinajstić information content (AvgIpc) is 2.27. The summed E-state index contributed by atoms with van der Waals surface area (Å²) in [6.07, 6.45) is 2.57. The van der Waals surface area contributed by atoms with E-state index in [1.165, 1.54) is 16.7 Å². The van der Waals surface area contributed by atoms with Crippen LogP contribution in [0.3, 0.4) is 0 Å². The summed E-state index contributed by atoms with van der Waals surface area (Å²) in [5.41, 5.74) is 10.8. The van der Waals surface area contributed by atoms with Crippen LogP contribution < -0.4 is 5.73 Å². The number of nitrogen functional groups attached to an aromatic ring is 1. The molecule has 0 bridgehead atoms. The van der Waals surface area contributed by atoms with Gasteiger partial charge in [0.25, 0.3) is 0 Å². The Kier molecular flexibility index (Phi) is 2.91. The van der Waals surface area contributed by atoms with E-state index in [2.05, 4.69) is 37.0 Å². The van der Waals surface area contributed by atoms with Crippen molar-refractivity contribution < 1.29 is 0 Å². The first-order chi connectivity index (χ1) is 7.66. The third kappa shape index (κ3) is 2.22. The fraction of sp³-hybridized carbons (Fsp3) is 0.214. The van der Waals surface area contributed by atoms with Gasteiger partial charge in [0, 0.05) is 12.6 Å². The Bertz CT molecular complexity index is 504. The first kappa shape index (κ1) is 10.7. The van der Waals surface area contributed by atoms with Gasteiger partial charge >= 0.3 is 0 Å². The summed E-state index contributed by atoms with van der Waals surface area (Å²) in [5.74, 6) is 0.626. The molecule has 2 nitrogen and oxygen atoms in total. The summed E-state index contributed by atoms with van der Waals surface area (Å²) in [6, 6.07) is 10.5. The Morgan fingerprint density at radius 1 is 1.12 bits per heavy atom. The fourth-order valence-corrected chi connectivity index (χ4v) is 1.73. The maximum atomic E-state index is 5.83. The number of rotatable bonds is 2. The van der Waals surface area contributed by atoms with Crippen LogP contribution in [-0.4, -0.2) is 4.98 Å². The van der Waals surface area contributed by atoms with E-state index < -0.39 is 0 Å². The van der Waals surface area contributed by atoms with E-state index in [0.29, 0.717) is 5.82 Å². The number of anilines is 1. The number of hydrogen-bond acceptors (Lipinski definition) is 2. The van der Waals surface area contributed by atoms with Gasteiger partial charge in [-0.15, -0.1) is 0 Å². The van der Waals surface area contributed by atoms with E-state index in [0.717, 1.165) is 12.0 Å². The van der Waals surface area contributed by atoms with Gasteiger partial charge in [-0.3, -0.25) is 0 Å². The van der Waals surface area contributed by atoms with Crippen molar-refractivity contribution in [3.63, 3.8) is 0 Å².